The Morgan fingerprint density at radius 2 is 2.06 bits per heavy atom. The van der Waals surface area contributed by atoms with Crippen LogP contribution in [0, 0.1) is 5.82 Å². The predicted octanol–water partition coefficient (Wildman–Crippen LogP) is 5.33. The van der Waals surface area contributed by atoms with Crippen LogP contribution in [0.15, 0.2) is 24.3 Å². The van der Waals surface area contributed by atoms with Gasteiger partial charge in [-0.05, 0) is 18.4 Å². The maximum atomic E-state index is 14.1. The van der Waals surface area contributed by atoms with Gasteiger partial charge in [0.1, 0.15) is 5.82 Å². The molecule has 2 aromatic rings. The van der Waals surface area contributed by atoms with Crippen LogP contribution in [0.2, 0.25) is 0 Å². The monoisotopic (exact) mass is 236 g/mol. The van der Waals surface area contributed by atoms with Crippen LogP contribution >= 0.6 is 11.3 Å². The maximum absolute atomic E-state index is 14.1. The first-order valence-corrected chi connectivity index (χ1v) is 6.72. The summed E-state index contributed by atoms with van der Waals surface area (Å²) < 4.78 is 15.2. The van der Waals surface area contributed by atoms with Crippen molar-refractivity contribution in [2.24, 2.45) is 0 Å². The molecule has 0 saturated heterocycles. The summed E-state index contributed by atoms with van der Waals surface area (Å²) in [5.41, 5.74) is 0. The second-order valence-corrected chi connectivity index (χ2v) is 5.40. The lowest BCUT2D eigenvalue weighted by atomic mass is 10.0. The average Bonchev–Trinajstić information content (AvgIpc) is 2.64. The van der Waals surface area contributed by atoms with Crippen LogP contribution in [-0.4, -0.2) is 0 Å². The SMILES string of the molecule is CCCCC(C)c1sc2ccccc2c1F. The summed E-state index contributed by atoms with van der Waals surface area (Å²) in [6.45, 7) is 4.30. The molecule has 86 valence electrons. The Hall–Kier alpha value is -0.890. The van der Waals surface area contributed by atoms with Gasteiger partial charge in [-0.25, -0.2) is 4.39 Å². The third kappa shape index (κ3) is 2.12. The van der Waals surface area contributed by atoms with E-state index in [0.29, 0.717) is 5.92 Å². The van der Waals surface area contributed by atoms with Crippen LogP contribution < -0.4 is 0 Å². The van der Waals surface area contributed by atoms with Crippen molar-refractivity contribution >= 4 is 21.4 Å². The van der Waals surface area contributed by atoms with Crippen molar-refractivity contribution < 1.29 is 4.39 Å². The number of fused-ring (bicyclic) bond motifs is 1. The molecule has 0 aliphatic rings. The molecule has 0 saturated carbocycles. The normalized spacial score (nSPS) is 13.2. The first-order valence-electron chi connectivity index (χ1n) is 5.91. The van der Waals surface area contributed by atoms with Crippen molar-refractivity contribution in [2.75, 3.05) is 0 Å². The second kappa shape index (κ2) is 4.96. The fourth-order valence-electron chi connectivity index (χ4n) is 1.99. The molecule has 2 rings (SSSR count). The molecule has 0 N–H and O–H groups in total. The first-order chi connectivity index (χ1) is 7.74. The minimum Gasteiger partial charge on any atom is -0.205 e. The lowest BCUT2D eigenvalue weighted by molar-refractivity contribution is 0.577. The van der Waals surface area contributed by atoms with E-state index in [-0.39, 0.29) is 5.82 Å². The lowest BCUT2D eigenvalue weighted by Gasteiger charge is -2.07. The molecule has 16 heavy (non-hydrogen) atoms. The van der Waals surface area contributed by atoms with Crippen molar-refractivity contribution in [3.8, 4) is 0 Å². The molecule has 1 atom stereocenters. The Morgan fingerprint density at radius 1 is 1.31 bits per heavy atom. The molecule has 0 fully saturated rings. The largest absolute Gasteiger partial charge is 0.205 e. The standard InChI is InChI=1S/C14H17FS/c1-3-4-7-10(2)14-13(15)11-8-5-6-9-12(11)16-14/h5-6,8-10H,3-4,7H2,1-2H3. The quantitative estimate of drug-likeness (QED) is 0.672. The first kappa shape index (κ1) is 11.6. The van der Waals surface area contributed by atoms with E-state index in [1.807, 2.05) is 24.3 Å². The molecule has 0 aliphatic heterocycles. The zero-order valence-electron chi connectivity index (χ0n) is 9.79. The summed E-state index contributed by atoms with van der Waals surface area (Å²) in [7, 11) is 0. The number of rotatable bonds is 4. The zero-order valence-corrected chi connectivity index (χ0v) is 10.6. The minimum absolute atomic E-state index is 0.00389. The van der Waals surface area contributed by atoms with Crippen molar-refractivity contribution in [2.45, 2.75) is 39.0 Å². The molecule has 0 aliphatic carbocycles. The Morgan fingerprint density at radius 3 is 2.75 bits per heavy atom. The van der Waals surface area contributed by atoms with Crippen molar-refractivity contribution in [3.05, 3.63) is 35.0 Å². The van der Waals surface area contributed by atoms with Crippen molar-refractivity contribution in [1.82, 2.24) is 0 Å². The van der Waals surface area contributed by atoms with Crippen LogP contribution in [0.4, 0.5) is 4.39 Å². The molecular weight excluding hydrogens is 219 g/mol. The molecule has 2 heteroatoms. The fraction of sp³-hybridized carbons (Fsp3) is 0.429. The molecule has 1 aromatic heterocycles. The molecule has 0 radical (unpaired) electrons. The van der Waals surface area contributed by atoms with Crippen LogP contribution in [0.3, 0.4) is 0 Å². The minimum atomic E-state index is 0.00389. The Labute approximate surface area is 100 Å². The smallest absolute Gasteiger partial charge is 0.145 e. The molecule has 0 bridgehead atoms. The van der Waals surface area contributed by atoms with Gasteiger partial charge in [-0.15, -0.1) is 11.3 Å². The number of benzene rings is 1. The van der Waals surface area contributed by atoms with Gasteiger partial charge >= 0.3 is 0 Å². The van der Waals surface area contributed by atoms with Gasteiger partial charge in [0.05, 0.1) is 0 Å². The zero-order chi connectivity index (χ0) is 11.5. The summed E-state index contributed by atoms with van der Waals surface area (Å²) in [5, 5.41) is 0.783. The van der Waals surface area contributed by atoms with Crippen LogP contribution in [0.1, 0.15) is 43.9 Å². The average molecular weight is 236 g/mol. The summed E-state index contributed by atoms with van der Waals surface area (Å²) in [4.78, 5) is 0.926. The van der Waals surface area contributed by atoms with Gasteiger partial charge in [0.25, 0.3) is 0 Å². The number of hydrogen-bond acceptors (Lipinski definition) is 1. The van der Waals surface area contributed by atoms with E-state index in [4.69, 9.17) is 0 Å². The third-order valence-electron chi connectivity index (χ3n) is 3.00. The number of hydrogen-bond donors (Lipinski definition) is 0. The lowest BCUT2D eigenvalue weighted by Crippen LogP contribution is -1.92. The summed E-state index contributed by atoms with van der Waals surface area (Å²) in [6.07, 6.45) is 3.44. The van der Waals surface area contributed by atoms with Crippen molar-refractivity contribution in [3.63, 3.8) is 0 Å². The molecule has 0 spiro atoms. The van der Waals surface area contributed by atoms with Gasteiger partial charge in [-0.1, -0.05) is 44.9 Å². The van der Waals surface area contributed by atoms with Gasteiger partial charge in [0.2, 0.25) is 0 Å². The molecule has 0 nitrogen and oxygen atoms in total. The Kier molecular flexibility index (Phi) is 3.59. The topological polar surface area (TPSA) is 0 Å². The van der Waals surface area contributed by atoms with Gasteiger partial charge in [0, 0.05) is 15.0 Å². The number of unbranched alkanes of at least 4 members (excludes halogenated alkanes) is 1. The van der Waals surface area contributed by atoms with Gasteiger partial charge in [-0.2, -0.15) is 0 Å². The number of halogens is 1. The molecule has 1 heterocycles. The van der Waals surface area contributed by atoms with Gasteiger partial charge in [-0.3, -0.25) is 0 Å². The van der Waals surface area contributed by atoms with E-state index in [1.165, 1.54) is 12.8 Å². The Bertz CT molecular complexity index is 473. The van der Waals surface area contributed by atoms with E-state index in [1.54, 1.807) is 11.3 Å². The van der Waals surface area contributed by atoms with Crippen LogP contribution in [-0.2, 0) is 0 Å². The van der Waals surface area contributed by atoms with E-state index in [9.17, 15) is 4.39 Å². The number of thiophene rings is 1. The molecule has 1 aromatic carbocycles. The molecule has 1 unspecified atom stereocenters. The van der Waals surface area contributed by atoms with Gasteiger partial charge in [0.15, 0.2) is 0 Å². The maximum Gasteiger partial charge on any atom is 0.145 e. The highest BCUT2D eigenvalue weighted by Crippen LogP contribution is 2.36. The highest BCUT2D eigenvalue weighted by atomic mass is 32.1. The third-order valence-corrected chi connectivity index (χ3v) is 4.38. The molecular formula is C14H17FS. The van der Waals surface area contributed by atoms with Crippen LogP contribution in [0.25, 0.3) is 10.1 Å². The Balaban J connectivity index is 2.33. The molecule has 0 amide bonds. The second-order valence-electron chi connectivity index (χ2n) is 4.32. The van der Waals surface area contributed by atoms with Crippen molar-refractivity contribution in [1.29, 1.82) is 0 Å². The summed E-state index contributed by atoms with van der Waals surface area (Å²) in [5.74, 6) is 0.349. The van der Waals surface area contributed by atoms with E-state index in [0.717, 1.165) is 21.4 Å². The highest BCUT2D eigenvalue weighted by Gasteiger charge is 2.16. The predicted molar refractivity (Wildman–Crippen MR) is 69.7 cm³/mol. The van der Waals surface area contributed by atoms with E-state index < -0.39 is 0 Å². The van der Waals surface area contributed by atoms with Crippen LogP contribution in [0.5, 0.6) is 0 Å². The fourth-order valence-corrected chi connectivity index (χ4v) is 3.16. The van der Waals surface area contributed by atoms with E-state index in [2.05, 4.69) is 13.8 Å². The highest BCUT2D eigenvalue weighted by molar-refractivity contribution is 7.19. The summed E-state index contributed by atoms with van der Waals surface area (Å²) in [6, 6.07) is 7.74. The summed E-state index contributed by atoms with van der Waals surface area (Å²) >= 11 is 1.61. The van der Waals surface area contributed by atoms with Gasteiger partial charge < -0.3 is 0 Å². The van der Waals surface area contributed by atoms with E-state index >= 15 is 0 Å².